The number of nitrogens with zero attached hydrogens (tertiary/aromatic N) is 2. The van der Waals surface area contributed by atoms with Gasteiger partial charge in [-0.2, -0.15) is 0 Å². The lowest BCUT2D eigenvalue weighted by Crippen LogP contribution is -2.21. The highest BCUT2D eigenvalue weighted by Gasteiger charge is 2.01. The van der Waals surface area contributed by atoms with Gasteiger partial charge in [-0.3, -0.25) is 9.20 Å². The Balaban J connectivity index is 1.96. The van der Waals surface area contributed by atoms with Crippen molar-refractivity contribution in [3.05, 3.63) is 46.5 Å². The molecule has 2 aromatic rings. The molecule has 0 aliphatic rings. The summed E-state index contributed by atoms with van der Waals surface area (Å²) in [5.41, 5.74) is 1.34. The van der Waals surface area contributed by atoms with Crippen molar-refractivity contribution in [2.45, 2.75) is 32.4 Å². The number of aromatic nitrogens is 2. The summed E-state index contributed by atoms with van der Waals surface area (Å²) >= 11 is 0. The first-order valence-electron chi connectivity index (χ1n) is 6.53. The maximum absolute atomic E-state index is 11.8. The molecule has 5 nitrogen and oxygen atoms in total. The maximum atomic E-state index is 11.8. The minimum Gasteiger partial charge on any atom is -0.393 e. The van der Waals surface area contributed by atoms with Crippen LogP contribution in [-0.4, -0.2) is 27.1 Å². The Bertz CT molecular complexity index is 593. The molecule has 1 atom stereocenters. The number of nitrogens with one attached hydrogen (secondary N) is 1. The Morgan fingerprint density at radius 3 is 3.11 bits per heavy atom. The van der Waals surface area contributed by atoms with Gasteiger partial charge < -0.3 is 10.4 Å². The van der Waals surface area contributed by atoms with Crippen LogP contribution in [-0.2, 0) is 6.54 Å². The van der Waals surface area contributed by atoms with E-state index in [1.807, 2.05) is 18.2 Å². The van der Waals surface area contributed by atoms with Crippen LogP contribution in [0.2, 0.25) is 0 Å². The fourth-order valence-electron chi connectivity index (χ4n) is 1.93. The van der Waals surface area contributed by atoms with Crippen LogP contribution >= 0.6 is 0 Å². The molecule has 0 aliphatic heterocycles. The van der Waals surface area contributed by atoms with Crippen molar-refractivity contribution in [1.29, 1.82) is 0 Å². The third-order valence-electron chi connectivity index (χ3n) is 2.91. The minimum atomic E-state index is -0.259. The molecule has 0 bridgehead atoms. The Morgan fingerprint density at radius 1 is 1.47 bits per heavy atom. The number of hydrogen-bond donors (Lipinski definition) is 2. The highest BCUT2D eigenvalue weighted by molar-refractivity contribution is 5.37. The summed E-state index contributed by atoms with van der Waals surface area (Å²) in [4.78, 5) is 16.3. The van der Waals surface area contributed by atoms with Gasteiger partial charge in [0.15, 0.2) is 0 Å². The zero-order chi connectivity index (χ0) is 13.7. The molecule has 5 heteroatoms. The molecule has 1 unspecified atom stereocenters. The molecule has 2 heterocycles. The first-order valence-corrected chi connectivity index (χ1v) is 6.53. The summed E-state index contributed by atoms with van der Waals surface area (Å²) in [5.74, 6) is 0. The second-order valence-electron chi connectivity index (χ2n) is 4.68. The SMILES string of the molecule is CC(O)CCCNCc1cc(=O)n2ccccc2n1. The highest BCUT2D eigenvalue weighted by Crippen LogP contribution is 1.99. The summed E-state index contributed by atoms with van der Waals surface area (Å²) in [6.45, 7) is 3.16. The quantitative estimate of drug-likeness (QED) is 0.760. The lowest BCUT2D eigenvalue weighted by molar-refractivity contribution is 0.181. The predicted octanol–water partition coefficient (Wildman–Crippen LogP) is 0.945. The van der Waals surface area contributed by atoms with Crippen molar-refractivity contribution in [1.82, 2.24) is 14.7 Å². The van der Waals surface area contributed by atoms with Gasteiger partial charge in [-0.05, 0) is 38.4 Å². The van der Waals surface area contributed by atoms with Gasteiger partial charge in [0.05, 0.1) is 11.8 Å². The fraction of sp³-hybridized carbons (Fsp3) is 0.429. The van der Waals surface area contributed by atoms with Crippen LogP contribution in [0.4, 0.5) is 0 Å². The minimum absolute atomic E-state index is 0.0635. The van der Waals surface area contributed by atoms with E-state index in [0.29, 0.717) is 12.2 Å². The summed E-state index contributed by atoms with van der Waals surface area (Å²) < 4.78 is 1.52. The normalized spacial score (nSPS) is 12.7. The maximum Gasteiger partial charge on any atom is 0.258 e. The van der Waals surface area contributed by atoms with Gasteiger partial charge in [0.25, 0.3) is 5.56 Å². The van der Waals surface area contributed by atoms with Gasteiger partial charge in [0.2, 0.25) is 0 Å². The van der Waals surface area contributed by atoms with E-state index in [4.69, 9.17) is 5.11 Å². The Labute approximate surface area is 111 Å². The van der Waals surface area contributed by atoms with E-state index in [0.717, 1.165) is 25.1 Å². The molecule has 0 saturated heterocycles. The topological polar surface area (TPSA) is 66.6 Å². The third kappa shape index (κ3) is 3.87. The standard InChI is InChI=1S/C14H19N3O2/c1-11(18)5-4-7-15-10-12-9-14(19)17-8-3-2-6-13(17)16-12/h2-3,6,8-9,11,15,18H,4-5,7,10H2,1H3. The van der Waals surface area contributed by atoms with Crippen LogP contribution in [0.25, 0.3) is 5.65 Å². The molecule has 0 spiro atoms. The third-order valence-corrected chi connectivity index (χ3v) is 2.91. The fourth-order valence-corrected chi connectivity index (χ4v) is 1.93. The molecular formula is C14H19N3O2. The molecule has 0 aliphatic carbocycles. The number of pyridine rings is 1. The molecule has 2 rings (SSSR count). The summed E-state index contributed by atoms with van der Waals surface area (Å²) in [6.07, 6.45) is 3.14. The largest absolute Gasteiger partial charge is 0.393 e. The predicted molar refractivity (Wildman–Crippen MR) is 74.1 cm³/mol. The highest BCUT2D eigenvalue weighted by atomic mass is 16.3. The molecule has 0 aromatic carbocycles. The molecule has 2 N–H and O–H groups in total. The first kappa shape index (κ1) is 13.7. The van der Waals surface area contributed by atoms with Crippen molar-refractivity contribution >= 4 is 5.65 Å². The number of fused-ring (bicyclic) bond motifs is 1. The van der Waals surface area contributed by atoms with E-state index in [2.05, 4.69) is 10.3 Å². The van der Waals surface area contributed by atoms with Crippen LogP contribution in [0.5, 0.6) is 0 Å². The number of aliphatic hydroxyl groups is 1. The van der Waals surface area contributed by atoms with Crippen molar-refractivity contribution in [2.24, 2.45) is 0 Å². The molecular weight excluding hydrogens is 242 g/mol. The van der Waals surface area contributed by atoms with E-state index < -0.39 is 0 Å². The Hall–Kier alpha value is -1.72. The van der Waals surface area contributed by atoms with Crippen LogP contribution in [0.3, 0.4) is 0 Å². The van der Waals surface area contributed by atoms with E-state index in [9.17, 15) is 4.79 Å². The van der Waals surface area contributed by atoms with Crippen molar-refractivity contribution in [3.8, 4) is 0 Å². The van der Waals surface area contributed by atoms with Crippen LogP contribution in [0.1, 0.15) is 25.5 Å². The van der Waals surface area contributed by atoms with Gasteiger partial charge >= 0.3 is 0 Å². The van der Waals surface area contributed by atoms with E-state index in [1.54, 1.807) is 19.2 Å². The van der Waals surface area contributed by atoms with E-state index in [-0.39, 0.29) is 11.7 Å². The Kier molecular flexibility index (Phi) is 4.65. The lowest BCUT2D eigenvalue weighted by Gasteiger charge is -2.07. The van der Waals surface area contributed by atoms with Crippen LogP contribution < -0.4 is 10.9 Å². The van der Waals surface area contributed by atoms with Gasteiger partial charge in [0.1, 0.15) is 5.65 Å². The first-order chi connectivity index (χ1) is 9.16. The van der Waals surface area contributed by atoms with Crippen molar-refractivity contribution < 1.29 is 5.11 Å². The smallest absolute Gasteiger partial charge is 0.258 e. The average molecular weight is 261 g/mol. The average Bonchev–Trinajstić information content (AvgIpc) is 2.38. The van der Waals surface area contributed by atoms with Crippen LogP contribution in [0, 0.1) is 0 Å². The second-order valence-corrected chi connectivity index (χ2v) is 4.68. The van der Waals surface area contributed by atoms with Gasteiger partial charge in [0, 0.05) is 18.8 Å². The molecule has 0 radical (unpaired) electrons. The number of hydrogen-bond acceptors (Lipinski definition) is 4. The lowest BCUT2D eigenvalue weighted by atomic mass is 10.2. The molecule has 19 heavy (non-hydrogen) atoms. The van der Waals surface area contributed by atoms with Crippen molar-refractivity contribution in [2.75, 3.05) is 6.54 Å². The molecule has 2 aromatic heterocycles. The van der Waals surface area contributed by atoms with E-state index >= 15 is 0 Å². The van der Waals surface area contributed by atoms with Crippen molar-refractivity contribution in [3.63, 3.8) is 0 Å². The molecule has 0 saturated carbocycles. The summed E-state index contributed by atoms with van der Waals surface area (Å²) in [5, 5.41) is 12.4. The number of rotatable bonds is 6. The molecule has 0 fully saturated rings. The Morgan fingerprint density at radius 2 is 2.32 bits per heavy atom. The van der Waals surface area contributed by atoms with Gasteiger partial charge in [-0.25, -0.2) is 4.98 Å². The monoisotopic (exact) mass is 261 g/mol. The van der Waals surface area contributed by atoms with E-state index in [1.165, 1.54) is 4.40 Å². The second kappa shape index (κ2) is 6.45. The molecule has 0 amide bonds. The van der Waals surface area contributed by atoms with Crippen LogP contribution in [0.15, 0.2) is 35.3 Å². The zero-order valence-corrected chi connectivity index (χ0v) is 11.0. The number of aliphatic hydroxyl groups excluding tert-OH is 1. The molecule has 102 valence electrons. The summed E-state index contributed by atoms with van der Waals surface area (Å²) in [7, 11) is 0. The zero-order valence-electron chi connectivity index (χ0n) is 11.0. The van der Waals surface area contributed by atoms with Gasteiger partial charge in [-0.15, -0.1) is 0 Å². The van der Waals surface area contributed by atoms with Gasteiger partial charge in [-0.1, -0.05) is 6.07 Å². The summed E-state index contributed by atoms with van der Waals surface area (Å²) in [6, 6.07) is 7.04.